The first kappa shape index (κ1) is 23.4. The van der Waals surface area contributed by atoms with Crippen molar-refractivity contribution < 1.29 is 4.79 Å². The predicted octanol–water partition coefficient (Wildman–Crippen LogP) is 3.33. The third kappa shape index (κ3) is 5.23. The molecule has 6 heteroatoms. The molecule has 0 spiro atoms. The van der Waals surface area contributed by atoms with Crippen LogP contribution in [0.4, 0.5) is 0 Å². The molecule has 0 aliphatic carbocycles. The Morgan fingerprint density at radius 2 is 1.59 bits per heavy atom. The number of carbonyl (C=O) groups excluding carboxylic acids is 1. The van der Waals surface area contributed by atoms with Gasteiger partial charge in [-0.05, 0) is 37.7 Å². The zero-order valence-corrected chi connectivity index (χ0v) is 17.5. The molecule has 2 aromatic carbocycles. The van der Waals surface area contributed by atoms with E-state index in [1.807, 2.05) is 60.3 Å². The minimum absolute atomic E-state index is 0. The van der Waals surface area contributed by atoms with Gasteiger partial charge in [0.05, 0.1) is 0 Å². The predicted molar refractivity (Wildman–Crippen MR) is 116 cm³/mol. The Kier molecular flexibility index (Phi) is 9.27. The summed E-state index contributed by atoms with van der Waals surface area (Å²) in [4.78, 5) is 17.3. The molecular weight excluding hydrogens is 381 g/mol. The summed E-state index contributed by atoms with van der Waals surface area (Å²) in [5, 5.41) is 0. The molecule has 1 unspecified atom stereocenters. The highest BCUT2D eigenvalue weighted by molar-refractivity contribution is 5.85. The second-order valence-electron chi connectivity index (χ2n) is 7.03. The maximum Gasteiger partial charge on any atom is 0.244 e. The van der Waals surface area contributed by atoms with Crippen molar-refractivity contribution in [1.82, 2.24) is 9.80 Å². The zero-order chi connectivity index (χ0) is 17.8. The standard InChI is InChI=1S/C21H27N3O.2ClH/c1-23(2)20(17-11-7-4-8-12-17)21(25)24-14-18(13-22)19(15-24)16-9-5-3-6-10-16;;/h3-12,18-20H,13-15,22H2,1-2H3;2*1H/t18-,19+,20?;;/m1../s1. The number of hydrogen-bond donors (Lipinski definition) is 1. The molecule has 1 fully saturated rings. The maximum atomic E-state index is 13.3. The molecule has 0 radical (unpaired) electrons. The summed E-state index contributed by atoms with van der Waals surface area (Å²) in [5.74, 6) is 0.784. The number of nitrogens with two attached hydrogens (primary N) is 1. The Hall–Kier alpha value is -1.59. The highest BCUT2D eigenvalue weighted by Gasteiger charge is 2.38. The lowest BCUT2D eigenvalue weighted by molar-refractivity contribution is -0.135. The van der Waals surface area contributed by atoms with Crippen molar-refractivity contribution in [2.45, 2.75) is 12.0 Å². The van der Waals surface area contributed by atoms with Gasteiger partial charge in [-0.25, -0.2) is 0 Å². The SMILES string of the molecule is CN(C)C(C(=O)N1C[C@@H](CN)[C@H](c2ccccc2)C1)c1ccccc1.Cl.Cl. The number of halogens is 2. The molecule has 1 heterocycles. The van der Waals surface area contributed by atoms with Gasteiger partial charge in [0.1, 0.15) is 6.04 Å². The van der Waals surface area contributed by atoms with Gasteiger partial charge in [-0.2, -0.15) is 0 Å². The average molecular weight is 410 g/mol. The quantitative estimate of drug-likeness (QED) is 0.823. The van der Waals surface area contributed by atoms with E-state index in [-0.39, 0.29) is 36.8 Å². The highest BCUT2D eigenvalue weighted by Crippen LogP contribution is 2.34. The molecule has 0 saturated carbocycles. The van der Waals surface area contributed by atoms with Crippen LogP contribution in [0.25, 0.3) is 0 Å². The smallest absolute Gasteiger partial charge is 0.244 e. The first-order valence-electron chi connectivity index (χ1n) is 8.87. The zero-order valence-electron chi connectivity index (χ0n) is 15.8. The normalized spacial score (nSPS) is 19.9. The lowest BCUT2D eigenvalue weighted by Gasteiger charge is -2.28. The topological polar surface area (TPSA) is 49.6 Å². The lowest BCUT2D eigenvalue weighted by atomic mass is 9.89. The first-order chi connectivity index (χ1) is 12.1. The van der Waals surface area contributed by atoms with Crippen molar-refractivity contribution in [3.05, 3.63) is 71.8 Å². The summed E-state index contributed by atoms with van der Waals surface area (Å²) < 4.78 is 0. The van der Waals surface area contributed by atoms with Crippen molar-refractivity contribution in [2.24, 2.45) is 11.7 Å². The van der Waals surface area contributed by atoms with Gasteiger partial charge in [-0.1, -0.05) is 60.7 Å². The van der Waals surface area contributed by atoms with E-state index in [0.717, 1.165) is 18.7 Å². The summed E-state index contributed by atoms with van der Waals surface area (Å²) in [7, 11) is 3.92. The van der Waals surface area contributed by atoms with Crippen LogP contribution >= 0.6 is 24.8 Å². The van der Waals surface area contributed by atoms with Crippen molar-refractivity contribution >= 4 is 30.7 Å². The van der Waals surface area contributed by atoms with E-state index in [2.05, 4.69) is 24.3 Å². The van der Waals surface area contributed by atoms with Crippen molar-refractivity contribution in [2.75, 3.05) is 33.7 Å². The molecule has 27 heavy (non-hydrogen) atoms. The molecule has 1 amide bonds. The molecule has 148 valence electrons. The van der Waals surface area contributed by atoms with Crippen LogP contribution in [0.5, 0.6) is 0 Å². The van der Waals surface area contributed by atoms with Crippen LogP contribution in [-0.2, 0) is 4.79 Å². The molecule has 1 saturated heterocycles. The molecule has 0 bridgehead atoms. The maximum absolute atomic E-state index is 13.3. The van der Waals surface area contributed by atoms with Gasteiger partial charge in [-0.15, -0.1) is 24.8 Å². The first-order valence-corrected chi connectivity index (χ1v) is 8.87. The fraction of sp³-hybridized carbons (Fsp3) is 0.381. The van der Waals surface area contributed by atoms with Crippen LogP contribution in [0.15, 0.2) is 60.7 Å². The monoisotopic (exact) mass is 409 g/mol. The Bertz CT molecular complexity index is 697. The largest absolute Gasteiger partial charge is 0.340 e. The van der Waals surface area contributed by atoms with Crippen LogP contribution in [0, 0.1) is 5.92 Å². The molecular formula is C21H29Cl2N3O. The second-order valence-corrected chi connectivity index (χ2v) is 7.03. The van der Waals surface area contributed by atoms with Gasteiger partial charge < -0.3 is 10.6 Å². The number of rotatable bonds is 5. The lowest BCUT2D eigenvalue weighted by Crippen LogP contribution is -2.39. The van der Waals surface area contributed by atoms with E-state index in [4.69, 9.17) is 5.73 Å². The van der Waals surface area contributed by atoms with Crippen molar-refractivity contribution in [1.29, 1.82) is 0 Å². The van der Waals surface area contributed by atoms with Crippen LogP contribution < -0.4 is 5.73 Å². The fourth-order valence-electron chi connectivity index (χ4n) is 3.84. The minimum Gasteiger partial charge on any atom is -0.340 e. The van der Waals surface area contributed by atoms with Gasteiger partial charge in [0.25, 0.3) is 0 Å². The fourth-order valence-corrected chi connectivity index (χ4v) is 3.84. The molecule has 2 N–H and O–H groups in total. The van der Waals surface area contributed by atoms with Gasteiger partial charge in [-0.3, -0.25) is 9.69 Å². The van der Waals surface area contributed by atoms with E-state index in [0.29, 0.717) is 18.4 Å². The van der Waals surface area contributed by atoms with Crippen LogP contribution in [0.2, 0.25) is 0 Å². The number of nitrogens with zero attached hydrogens (tertiary/aromatic N) is 2. The third-order valence-electron chi connectivity index (χ3n) is 5.15. The van der Waals surface area contributed by atoms with Crippen molar-refractivity contribution in [3.63, 3.8) is 0 Å². The van der Waals surface area contributed by atoms with Gasteiger partial charge in [0, 0.05) is 19.0 Å². The molecule has 1 aliphatic heterocycles. The molecule has 2 aromatic rings. The van der Waals surface area contributed by atoms with Crippen molar-refractivity contribution in [3.8, 4) is 0 Å². The number of amides is 1. The summed E-state index contributed by atoms with van der Waals surface area (Å²) >= 11 is 0. The minimum atomic E-state index is -0.255. The number of likely N-dealkylation sites (tertiary alicyclic amines) is 1. The molecule has 4 nitrogen and oxygen atoms in total. The summed E-state index contributed by atoms with van der Waals surface area (Å²) in [6, 6.07) is 20.2. The summed E-state index contributed by atoms with van der Waals surface area (Å²) in [6.07, 6.45) is 0. The Morgan fingerprint density at radius 1 is 1.04 bits per heavy atom. The number of carbonyl (C=O) groups is 1. The van der Waals surface area contributed by atoms with E-state index < -0.39 is 0 Å². The van der Waals surface area contributed by atoms with E-state index in [1.165, 1.54) is 5.56 Å². The van der Waals surface area contributed by atoms with Crippen LogP contribution in [0.1, 0.15) is 23.1 Å². The highest BCUT2D eigenvalue weighted by atomic mass is 35.5. The van der Waals surface area contributed by atoms with Crippen LogP contribution in [0.3, 0.4) is 0 Å². The van der Waals surface area contributed by atoms with E-state index in [1.54, 1.807) is 0 Å². The van der Waals surface area contributed by atoms with E-state index in [9.17, 15) is 4.79 Å². The summed E-state index contributed by atoms with van der Waals surface area (Å²) in [5.41, 5.74) is 8.33. The molecule has 0 aromatic heterocycles. The molecule has 3 rings (SSSR count). The average Bonchev–Trinajstić information content (AvgIpc) is 3.07. The molecule has 1 aliphatic rings. The Balaban J connectivity index is 0.00000182. The van der Waals surface area contributed by atoms with Crippen LogP contribution in [-0.4, -0.2) is 49.4 Å². The summed E-state index contributed by atoms with van der Waals surface area (Å²) in [6.45, 7) is 2.06. The second kappa shape index (κ2) is 10.7. The number of hydrogen-bond acceptors (Lipinski definition) is 3. The van der Waals surface area contributed by atoms with Gasteiger partial charge in [0.2, 0.25) is 5.91 Å². The third-order valence-corrected chi connectivity index (χ3v) is 5.15. The van der Waals surface area contributed by atoms with E-state index >= 15 is 0 Å². The Morgan fingerprint density at radius 3 is 2.11 bits per heavy atom. The van der Waals surface area contributed by atoms with Gasteiger partial charge >= 0.3 is 0 Å². The Labute approximate surface area is 174 Å². The number of likely N-dealkylation sites (N-methyl/N-ethyl adjacent to an activating group) is 1. The number of benzene rings is 2. The van der Waals surface area contributed by atoms with Gasteiger partial charge in [0.15, 0.2) is 0 Å². The molecule has 3 atom stereocenters.